The van der Waals surface area contributed by atoms with Crippen molar-refractivity contribution in [3.63, 3.8) is 0 Å². The highest BCUT2D eigenvalue weighted by atomic mass is 79.9. The van der Waals surface area contributed by atoms with Crippen molar-refractivity contribution in [2.75, 3.05) is 5.33 Å². The predicted molar refractivity (Wildman–Crippen MR) is 56.3 cm³/mol. The molecule has 94 valence electrons. The SMILES string of the molecule is CCCCC(NC(=O)C(F)(F)F)C(=O)CBr. The third kappa shape index (κ3) is 5.48. The van der Waals surface area contributed by atoms with Crippen molar-refractivity contribution in [1.29, 1.82) is 0 Å². The first kappa shape index (κ1) is 15.4. The summed E-state index contributed by atoms with van der Waals surface area (Å²) in [5.74, 6) is -2.52. The number of halogens is 4. The van der Waals surface area contributed by atoms with Gasteiger partial charge in [0.15, 0.2) is 5.78 Å². The van der Waals surface area contributed by atoms with Gasteiger partial charge in [0, 0.05) is 0 Å². The molecule has 0 rings (SSSR count). The number of hydrogen-bond donors (Lipinski definition) is 1. The van der Waals surface area contributed by atoms with E-state index in [9.17, 15) is 22.8 Å². The first-order valence-electron chi connectivity index (χ1n) is 4.79. The van der Waals surface area contributed by atoms with E-state index in [1.165, 1.54) is 0 Å². The zero-order valence-electron chi connectivity index (χ0n) is 8.73. The number of nitrogens with one attached hydrogen (secondary N) is 1. The maximum atomic E-state index is 12.0. The lowest BCUT2D eigenvalue weighted by Crippen LogP contribution is -2.47. The number of ketones is 1. The van der Waals surface area contributed by atoms with Gasteiger partial charge in [0.1, 0.15) is 0 Å². The average molecular weight is 304 g/mol. The molecule has 7 heteroatoms. The van der Waals surface area contributed by atoms with Gasteiger partial charge in [-0.15, -0.1) is 0 Å². The molecule has 0 radical (unpaired) electrons. The number of Topliss-reactive ketones (excluding diaryl/α,β-unsaturated/α-hetero) is 1. The van der Waals surface area contributed by atoms with E-state index in [4.69, 9.17) is 0 Å². The molecule has 0 heterocycles. The molecule has 0 aliphatic rings. The van der Waals surface area contributed by atoms with Crippen LogP contribution < -0.4 is 5.32 Å². The van der Waals surface area contributed by atoms with E-state index in [1.54, 1.807) is 5.32 Å². The Morgan fingerprint density at radius 3 is 2.31 bits per heavy atom. The van der Waals surface area contributed by atoms with Crippen LogP contribution in [0.4, 0.5) is 13.2 Å². The minimum atomic E-state index is -4.95. The van der Waals surface area contributed by atoms with Gasteiger partial charge in [-0.1, -0.05) is 35.7 Å². The molecular formula is C9H13BrF3NO2. The average Bonchev–Trinajstić information content (AvgIpc) is 2.21. The van der Waals surface area contributed by atoms with Crippen LogP contribution in [-0.2, 0) is 9.59 Å². The molecule has 0 aromatic carbocycles. The summed E-state index contributed by atoms with van der Waals surface area (Å²) < 4.78 is 35.9. The van der Waals surface area contributed by atoms with Crippen molar-refractivity contribution in [3.8, 4) is 0 Å². The Morgan fingerprint density at radius 2 is 1.94 bits per heavy atom. The Bertz CT molecular complexity index is 256. The highest BCUT2D eigenvalue weighted by molar-refractivity contribution is 9.09. The summed E-state index contributed by atoms with van der Waals surface area (Å²) in [4.78, 5) is 21.9. The van der Waals surface area contributed by atoms with E-state index >= 15 is 0 Å². The molecule has 16 heavy (non-hydrogen) atoms. The second-order valence-corrected chi connectivity index (χ2v) is 3.83. The van der Waals surface area contributed by atoms with Crippen LogP contribution in [-0.4, -0.2) is 29.2 Å². The quantitative estimate of drug-likeness (QED) is 0.765. The van der Waals surface area contributed by atoms with Crippen LogP contribution in [0, 0.1) is 0 Å². The number of alkyl halides is 4. The van der Waals surface area contributed by atoms with E-state index in [0.717, 1.165) is 6.42 Å². The van der Waals surface area contributed by atoms with Gasteiger partial charge in [-0.2, -0.15) is 13.2 Å². The summed E-state index contributed by atoms with van der Waals surface area (Å²) >= 11 is 2.87. The molecule has 1 N–H and O–H groups in total. The molecule has 0 fully saturated rings. The predicted octanol–water partition coefficient (Wildman–Crippen LogP) is 2.19. The Morgan fingerprint density at radius 1 is 1.38 bits per heavy atom. The van der Waals surface area contributed by atoms with E-state index in [-0.39, 0.29) is 11.8 Å². The fourth-order valence-electron chi connectivity index (χ4n) is 1.06. The standard InChI is InChI=1S/C9H13BrF3NO2/c1-2-3-4-6(7(15)5-10)14-8(16)9(11,12)13/h6H,2-5H2,1H3,(H,14,16). The summed E-state index contributed by atoms with van der Waals surface area (Å²) in [5.41, 5.74) is 0. The molecule has 0 saturated heterocycles. The Kier molecular flexibility index (Phi) is 6.62. The Balaban J connectivity index is 4.42. The number of amides is 1. The lowest BCUT2D eigenvalue weighted by Gasteiger charge is -2.17. The van der Waals surface area contributed by atoms with Gasteiger partial charge in [0.05, 0.1) is 11.4 Å². The lowest BCUT2D eigenvalue weighted by molar-refractivity contribution is -0.174. The first-order chi connectivity index (χ1) is 7.32. The van der Waals surface area contributed by atoms with Crippen LogP contribution in [0.15, 0.2) is 0 Å². The third-order valence-electron chi connectivity index (χ3n) is 1.93. The molecule has 0 aromatic heterocycles. The van der Waals surface area contributed by atoms with Gasteiger partial charge in [-0.05, 0) is 6.42 Å². The van der Waals surface area contributed by atoms with Crippen LogP contribution in [0.25, 0.3) is 0 Å². The van der Waals surface area contributed by atoms with Crippen molar-refractivity contribution >= 4 is 27.6 Å². The van der Waals surface area contributed by atoms with Crippen LogP contribution in [0.2, 0.25) is 0 Å². The van der Waals surface area contributed by atoms with Crippen LogP contribution in [0.1, 0.15) is 26.2 Å². The van der Waals surface area contributed by atoms with Crippen LogP contribution >= 0.6 is 15.9 Å². The lowest BCUT2D eigenvalue weighted by atomic mass is 10.1. The van der Waals surface area contributed by atoms with Gasteiger partial charge in [0.2, 0.25) is 0 Å². The first-order valence-corrected chi connectivity index (χ1v) is 5.91. The van der Waals surface area contributed by atoms with Crippen molar-refractivity contribution in [2.45, 2.75) is 38.4 Å². The van der Waals surface area contributed by atoms with Gasteiger partial charge in [0.25, 0.3) is 0 Å². The zero-order chi connectivity index (χ0) is 12.8. The summed E-state index contributed by atoms with van der Waals surface area (Å²) in [7, 11) is 0. The number of unbranched alkanes of at least 4 members (excludes halogenated alkanes) is 1. The molecule has 1 atom stereocenters. The van der Waals surface area contributed by atoms with E-state index in [1.807, 2.05) is 6.92 Å². The Hall–Kier alpha value is -0.590. The number of carbonyl (C=O) groups excluding carboxylic acids is 2. The monoisotopic (exact) mass is 303 g/mol. The van der Waals surface area contributed by atoms with Gasteiger partial charge < -0.3 is 5.32 Å². The second-order valence-electron chi connectivity index (χ2n) is 3.27. The van der Waals surface area contributed by atoms with Crippen molar-refractivity contribution in [2.24, 2.45) is 0 Å². The van der Waals surface area contributed by atoms with Crippen LogP contribution in [0.3, 0.4) is 0 Å². The highest BCUT2D eigenvalue weighted by Gasteiger charge is 2.40. The summed E-state index contributed by atoms with van der Waals surface area (Å²) in [6.07, 6.45) is -3.39. The molecule has 0 aromatic rings. The molecule has 0 bridgehead atoms. The smallest absolute Gasteiger partial charge is 0.338 e. The van der Waals surface area contributed by atoms with Crippen molar-refractivity contribution < 1.29 is 22.8 Å². The number of hydrogen-bond acceptors (Lipinski definition) is 2. The molecule has 0 aliphatic carbocycles. The van der Waals surface area contributed by atoms with Crippen LogP contribution in [0.5, 0.6) is 0 Å². The molecule has 3 nitrogen and oxygen atoms in total. The number of rotatable bonds is 6. The fourth-order valence-corrected chi connectivity index (χ4v) is 1.45. The zero-order valence-corrected chi connectivity index (χ0v) is 10.3. The topological polar surface area (TPSA) is 46.2 Å². The van der Waals surface area contributed by atoms with E-state index in [0.29, 0.717) is 6.42 Å². The van der Waals surface area contributed by atoms with E-state index in [2.05, 4.69) is 15.9 Å². The Labute approximate surface area is 99.9 Å². The van der Waals surface area contributed by atoms with E-state index < -0.39 is 23.9 Å². The third-order valence-corrected chi connectivity index (χ3v) is 2.48. The molecule has 0 aliphatic heterocycles. The number of carbonyl (C=O) groups is 2. The molecule has 1 unspecified atom stereocenters. The van der Waals surface area contributed by atoms with Crippen molar-refractivity contribution in [3.05, 3.63) is 0 Å². The summed E-state index contributed by atoms with van der Waals surface area (Å²) in [5, 5.41) is 1.63. The fraction of sp³-hybridized carbons (Fsp3) is 0.778. The normalized spacial score (nSPS) is 13.3. The second kappa shape index (κ2) is 6.88. The summed E-state index contributed by atoms with van der Waals surface area (Å²) in [6.45, 7) is 1.85. The molecule has 0 saturated carbocycles. The summed E-state index contributed by atoms with van der Waals surface area (Å²) in [6, 6.07) is -1.06. The highest BCUT2D eigenvalue weighted by Crippen LogP contribution is 2.15. The van der Waals surface area contributed by atoms with Gasteiger partial charge >= 0.3 is 12.1 Å². The minimum Gasteiger partial charge on any atom is -0.338 e. The molecule has 0 spiro atoms. The van der Waals surface area contributed by atoms with Gasteiger partial charge in [-0.3, -0.25) is 9.59 Å². The maximum Gasteiger partial charge on any atom is 0.471 e. The van der Waals surface area contributed by atoms with Crippen molar-refractivity contribution in [1.82, 2.24) is 5.32 Å². The largest absolute Gasteiger partial charge is 0.471 e. The molecular weight excluding hydrogens is 291 g/mol. The molecule has 1 amide bonds. The van der Waals surface area contributed by atoms with Gasteiger partial charge in [-0.25, -0.2) is 0 Å². The maximum absolute atomic E-state index is 12.0. The minimum absolute atomic E-state index is 0.0699.